The molecule has 0 radical (unpaired) electrons. The zero-order valence-corrected chi connectivity index (χ0v) is 9.95. The monoisotopic (exact) mass is 242 g/mol. The summed E-state index contributed by atoms with van der Waals surface area (Å²) in [6.45, 7) is 0. The number of fused-ring (bicyclic) bond motifs is 1. The number of hydrogen-bond acceptors (Lipinski definition) is 5. The highest BCUT2D eigenvalue weighted by atomic mass is 32.2. The molecule has 0 aliphatic rings. The molecule has 0 saturated carbocycles. The molecule has 0 atom stereocenters. The first-order valence-electron chi connectivity index (χ1n) is 4.29. The van der Waals surface area contributed by atoms with Crippen LogP contribution in [0.1, 0.15) is 0 Å². The van der Waals surface area contributed by atoms with Gasteiger partial charge in [0.1, 0.15) is 0 Å². The highest BCUT2D eigenvalue weighted by Crippen LogP contribution is 2.27. The Hall–Kier alpha value is -1.14. The Kier molecular flexibility index (Phi) is 2.40. The zero-order valence-electron chi connectivity index (χ0n) is 8.31. The van der Waals surface area contributed by atoms with E-state index in [1.807, 2.05) is 0 Å². The van der Waals surface area contributed by atoms with Gasteiger partial charge in [-0.1, -0.05) is 11.3 Å². The predicted molar refractivity (Wildman–Crippen MR) is 62.3 cm³/mol. The number of rotatable bonds is 2. The minimum atomic E-state index is -3.13. The Balaban J connectivity index is 2.66. The third kappa shape index (κ3) is 1.95. The molecule has 0 amide bonds. The predicted octanol–water partition coefficient (Wildman–Crippen LogP) is 1.74. The van der Waals surface area contributed by atoms with Gasteiger partial charge in [-0.15, -0.1) is 0 Å². The summed E-state index contributed by atoms with van der Waals surface area (Å²) in [7, 11) is -1.35. The molecule has 80 valence electrons. The van der Waals surface area contributed by atoms with Crippen molar-refractivity contribution in [1.82, 2.24) is 4.98 Å². The van der Waals surface area contributed by atoms with Gasteiger partial charge in [0.15, 0.2) is 15.0 Å². The van der Waals surface area contributed by atoms with Gasteiger partial charge in [0.2, 0.25) is 0 Å². The van der Waals surface area contributed by atoms with Crippen LogP contribution in [0.4, 0.5) is 5.13 Å². The molecule has 0 fully saturated rings. The van der Waals surface area contributed by atoms with Crippen molar-refractivity contribution in [2.45, 2.75) is 4.90 Å². The summed E-state index contributed by atoms with van der Waals surface area (Å²) in [6.07, 6.45) is 1.20. The molecule has 1 heterocycles. The van der Waals surface area contributed by atoms with Crippen LogP contribution in [0.3, 0.4) is 0 Å². The fourth-order valence-electron chi connectivity index (χ4n) is 1.24. The van der Waals surface area contributed by atoms with Crippen molar-refractivity contribution in [1.29, 1.82) is 0 Å². The van der Waals surface area contributed by atoms with Crippen LogP contribution in [0.25, 0.3) is 10.2 Å². The van der Waals surface area contributed by atoms with Gasteiger partial charge in [0.25, 0.3) is 0 Å². The van der Waals surface area contributed by atoms with Crippen molar-refractivity contribution in [2.75, 3.05) is 18.6 Å². The number of anilines is 1. The van der Waals surface area contributed by atoms with Crippen LogP contribution in [0, 0.1) is 0 Å². The largest absolute Gasteiger partial charge is 0.365 e. The van der Waals surface area contributed by atoms with Crippen LogP contribution in [-0.4, -0.2) is 26.7 Å². The summed E-state index contributed by atoms with van der Waals surface area (Å²) in [6, 6.07) is 4.96. The van der Waals surface area contributed by atoms with E-state index in [0.29, 0.717) is 4.90 Å². The Morgan fingerprint density at radius 2 is 2.13 bits per heavy atom. The van der Waals surface area contributed by atoms with Gasteiger partial charge in [0.05, 0.1) is 15.1 Å². The maximum atomic E-state index is 11.3. The number of nitrogens with zero attached hydrogens (tertiary/aromatic N) is 1. The zero-order chi connectivity index (χ0) is 11.1. The first kappa shape index (κ1) is 10.4. The van der Waals surface area contributed by atoms with E-state index in [0.717, 1.165) is 15.3 Å². The summed E-state index contributed by atoms with van der Waals surface area (Å²) in [4.78, 5) is 4.60. The average molecular weight is 242 g/mol. The molecule has 2 aromatic rings. The third-order valence-electron chi connectivity index (χ3n) is 2.00. The van der Waals surface area contributed by atoms with E-state index in [9.17, 15) is 8.42 Å². The fraction of sp³-hybridized carbons (Fsp3) is 0.222. The van der Waals surface area contributed by atoms with Crippen molar-refractivity contribution < 1.29 is 8.42 Å². The van der Waals surface area contributed by atoms with Crippen molar-refractivity contribution in [3.05, 3.63) is 18.2 Å². The molecule has 0 unspecified atom stereocenters. The lowest BCUT2D eigenvalue weighted by atomic mass is 10.3. The van der Waals surface area contributed by atoms with E-state index in [4.69, 9.17) is 0 Å². The molecule has 1 aromatic carbocycles. The first-order valence-corrected chi connectivity index (χ1v) is 7.00. The topological polar surface area (TPSA) is 59.1 Å². The lowest BCUT2D eigenvalue weighted by Crippen LogP contribution is -1.95. The maximum absolute atomic E-state index is 11.3. The van der Waals surface area contributed by atoms with Crippen LogP contribution >= 0.6 is 11.3 Å². The highest BCUT2D eigenvalue weighted by Gasteiger charge is 2.09. The molecule has 1 aromatic heterocycles. The number of hydrogen-bond donors (Lipinski definition) is 1. The van der Waals surface area contributed by atoms with E-state index in [-0.39, 0.29) is 0 Å². The molecule has 0 saturated heterocycles. The van der Waals surface area contributed by atoms with E-state index in [1.54, 1.807) is 25.2 Å². The smallest absolute Gasteiger partial charge is 0.183 e. The maximum Gasteiger partial charge on any atom is 0.183 e. The Morgan fingerprint density at radius 3 is 2.73 bits per heavy atom. The minimum absolute atomic E-state index is 0.335. The number of aromatic nitrogens is 1. The van der Waals surface area contributed by atoms with Gasteiger partial charge in [-0.05, 0) is 18.2 Å². The molecule has 6 heteroatoms. The van der Waals surface area contributed by atoms with E-state index in [1.165, 1.54) is 17.6 Å². The van der Waals surface area contributed by atoms with Crippen LogP contribution in [0.15, 0.2) is 23.1 Å². The molecule has 1 N–H and O–H groups in total. The second-order valence-corrected chi connectivity index (χ2v) is 6.22. The average Bonchev–Trinajstić information content (AvgIpc) is 2.57. The normalized spacial score (nSPS) is 11.9. The lowest BCUT2D eigenvalue weighted by Gasteiger charge is -1.96. The molecule has 0 aliphatic heterocycles. The molecule has 0 bridgehead atoms. The summed E-state index contributed by atoms with van der Waals surface area (Å²) in [5, 5.41) is 3.72. The minimum Gasteiger partial charge on any atom is -0.365 e. The van der Waals surface area contributed by atoms with Crippen molar-refractivity contribution >= 4 is 36.5 Å². The van der Waals surface area contributed by atoms with Gasteiger partial charge in [-0.2, -0.15) is 0 Å². The quantitative estimate of drug-likeness (QED) is 0.871. The highest BCUT2D eigenvalue weighted by molar-refractivity contribution is 7.90. The number of sulfone groups is 1. The Morgan fingerprint density at radius 1 is 1.40 bits per heavy atom. The van der Waals surface area contributed by atoms with E-state index in [2.05, 4.69) is 10.3 Å². The SMILES string of the molecule is CNc1nc2ccc(S(C)(=O)=O)cc2s1. The van der Waals surface area contributed by atoms with Gasteiger partial charge < -0.3 is 5.32 Å². The molecule has 0 spiro atoms. The number of benzene rings is 1. The number of nitrogens with one attached hydrogen (secondary N) is 1. The van der Waals surface area contributed by atoms with Crippen LogP contribution in [0.2, 0.25) is 0 Å². The molecule has 15 heavy (non-hydrogen) atoms. The van der Waals surface area contributed by atoms with Crippen LogP contribution < -0.4 is 5.32 Å². The molecular weight excluding hydrogens is 232 g/mol. The summed E-state index contributed by atoms with van der Waals surface area (Å²) in [5.74, 6) is 0. The fourth-order valence-corrected chi connectivity index (χ4v) is 2.82. The van der Waals surface area contributed by atoms with Crippen LogP contribution in [0.5, 0.6) is 0 Å². The second kappa shape index (κ2) is 3.46. The van der Waals surface area contributed by atoms with Crippen molar-refractivity contribution in [3.63, 3.8) is 0 Å². The molecular formula is C9H10N2O2S2. The number of thiazole rings is 1. The summed E-state index contributed by atoms with van der Waals surface area (Å²) in [5.41, 5.74) is 0.816. The first-order chi connectivity index (χ1) is 7.00. The van der Waals surface area contributed by atoms with Gasteiger partial charge in [-0.25, -0.2) is 13.4 Å². The third-order valence-corrected chi connectivity index (χ3v) is 4.15. The van der Waals surface area contributed by atoms with E-state index < -0.39 is 9.84 Å². The van der Waals surface area contributed by atoms with Gasteiger partial charge >= 0.3 is 0 Å². The standard InChI is InChI=1S/C9H10N2O2S2/c1-10-9-11-7-4-3-6(15(2,12)13)5-8(7)14-9/h3-5H,1-2H3,(H,10,11). The second-order valence-electron chi connectivity index (χ2n) is 3.17. The van der Waals surface area contributed by atoms with Crippen molar-refractivity contribution in [2.24, 2.45) is 0 Å². The van der Waals surface area contributed by atoms with Crippen molar-refractivity contribution in [3.8, 4) is 0 Å². The Labute approximate surface area is 91.9 Å². The summed E-state index contributed by atoms with van der Waals surface area (Å²) < 4.78 is 23.5. The van der Waals surface area contributed by atoms with E-state index >= 15 is 0 Å². The summed E-state index contributed by atoms with van der Waals surface area (Å²) >= 11 is 1.44. The lowest BCUT2D eigenvalue weighted by molar-refractivity contribution is 0.602. The molecule has 0 aliphatic carbocycles. The Bertz CT molecular complexity index is 602. The molecule has 4 nitrogen and oxygen atoms in total. The van der Waals surface area contributed by atoms with Gasteiger partial charge in [0, 0.05) is 13.3 Å². The molecule has 2 rings (SSSR count). The van der Waals surface area contributed by atoms with Crippen LogP contribution in [-0.2, 0) is 9.84 Å². The van der Waals surface area contributed by atoms with Gasteiger partial charge in [-0.3, -0.25) is 0 Å².